The van der Waals surface area contributed by atoms with Crippen LogP contribution in [0.4, 0.5) is 5.69 Å². The lowest BCUT2D eigenvalue weighted by molar-refractivity contribution is -0.116. The minimum atomic E-state index is -0.244. The first kappa shape index (κ1) is 19.3. The van der Waals surface area contributed by atoms with Gasteiger partial charge in [0.2, 0.25) is 11.7 Å². The second-order valence-electron chi connectivity index (χ2n) is 6.11. The van der Waals surface area contributed by atoms with Crippen LogP contribution >= 0.6 is 0 Å². The third-order valence-corrected chi connectivity index (χ3v) is 4.51. The van der Waals surface area contributed by atoms with Gasteiger partial charge in [0, 0.05) is 36.8 Å². The van der Waals surface area contributed by atoms with Crippen molar-refractivity contribution >= 4 is 22.5 Å². The van der Waals surface area contributed by atoms with E-state index >= 15 is 0 Å². The van der Waals surface area contributed by atoms with Crippen molar-refractivity contribution in [2.75, 3.05) is 26.6 Å². The fourth-order valence-corrected chi connectivity index (χ4v) is 3.13. The summed E-state index contributed by atoms with van der Waals surface area (Å²) in [5, 5.41) is 3.41. The number of rotatable bonds is 7. The maximum atomic E-state index is 12.6. The van der Waals surface area contributed by atoms with Gasteiger partial charge in [-0.25, -0.2) is 0 Å². The first-order chi connectivity index (χ1) is 13.5. The van der Waals surface area contributed by atoms with E-state index in [1.165, 1.54) is 21.3 Å². The monoisotopic (exact) mass is 385 g/mol. The van der Waals surface area contributed by atoms with Crippen LogP contribution in [0.15, 0.2) is 41.5 Å². The summed E-state index contributed by atoms with van der Waals surface area (Å²) in [6.45, 7) is 2.58. The third kappa shape index (κ3) is 3.53. The molecule has 1 N–H and O–H groups in total. The number of aromatic nitrogens is 2. The number of hydrogen-bond acceptors (Lipinski definition) is 5. The number of anilines is 1. The molecule has 1 aromatic carbocycles. The molecule has 0 atom stereocenters. The normalized spacial score (nSPS) is 10.7. The Bertz CT molecular complexity index is 1040. The Balaban J connectivity index is 1.84. The van der Waals surface area contributed by atoms with Crippen molar-refractivity contribution in [3.63, 3.8) is 0 Å². The predicted octanol–water partition coefficient (Wildman–Crippen LogP) is 2.49. The number of methoxy groups -OCH3 is 3. The quantitative estimate of drug-likeness (QED) is 0.676. The average Bonchev–Trinajstić information content (AvgIpc) is 3.10. The molecule has 0 fully saturated rings. The molecule has 0 aliphatic carbocycles. The van der Waals surface area contributed by atoms with Gasteiger partial charge >= 0.3 is 0 Å². The van der Waals surface area contributed by atoms with Crippen LogP contribution in [0, 0.1) is 0 Å². The summed E-state index contributed by atoms with van der Waals surface area (Å²) in [5.74, 6) is 1.10. The Morgan fingerprint density at radius 2 is 1.64 bits per heavy atom. The number of aryl methyl sites for hydroxylation is 1. The number of fused-ring (bicyclic) bond motifs is 1. The summed E-state index contributed by atoms with van der Waals surface area (Å²) in [6, 6.07) is 6.89. The minimum Gasteiger partial charge on any atom is -0.493 e. The van der Waals surface area contributed by atoms with Crippen LogP contribution in [0.25, 0.3) is 10.9 Å². The van der Waals surface area contributed by atoms with E-state index in [0.717, 1.165) is 5.52 Å². The molecule has 1 amide bonds. The maximum Gasteiger partial charge on any atom is 0.259 e. The number of nitrogens with zero attached hydrogens (tertiary/aromatic N) is 2. The largest absolute Gasteiger partial charge is 0.493 e. The van der Waals surface area contributed by atoms with E-state index in [4.69, 9.17) is 14.2 Å². The van der Waals surface area contributed by atoms with Crippen molar-refractivity contribution in [3.05, 3.63) is 47.0 Å². The fraction of sp³-hybridized carbons (Fsp3) is 0.300. The number of nitrogens with one attached hydrogen (secondary N) is 1. The van der Waals surface area contributed by atoms with Crippen LogP contribution in [-0.2, 0) is 17.9 Å². The molecule has 0 bridgehead atoms. The highest BCUT2D eigenvalue weighted by Gasteiger charge is 2.15. The minimum absolute atomic E-state index is 0.0652. The van der Waals surface area contributed by atoms with E-state index < -0.39 is 0 Å². The molecule has 8 nitrogen and oxygen atoms in total. The molecule has 2 aromatic heterocycles. The Morgan fingerprint density at radius 1 is 1.00 bits per heavy atom. The summed E-state index contributed by atoms with van der Waals surface area (Å²) in [5.41, 5.74) is 1.17. The summed E-state index contributed by atoms with van der Waals surface area (Å²) < 4.78 is 19.3. The molecule has 0 saturated carbocycles. The molecule has 0 unspecified atom stereocenters. The summed E-state index contributed by atoms with van der Waals surface area (Å²) in [6.07, 6.45) is 3.47. The Labute approximate surface area is 162 Å². The molecule has 3 rings (SSSR count). The van der Waals surface area contributed by atoms with E-state index in [1.807, 2.05) is 13.0 Å². The van der Waals surface area contributed by atoms with E-state index in [-0.39, 0.29) is 18.0 Å². The lowest BCUT2D eigenvalue weighted by Gasteiger charge is -2.15. The van der Waals surface area contributed by atoms with Crippen LogP contribution in [0.5, 0.6) is 17.2 Å². The van der Waals surface area contributed by atoms with Gasteiger partial charge in [0.05, 0.1) is 32.2 Å². The van der Waals surface area contributed by atoms with Crippen molar-refractivity contribution in [1.82, 2.24) is 9.13 Å². The number of carbonyl (C=O) groups is 1. The van der Waals surface area contributed by atoms with Crippen LogP contribution in [0.3, 0.4) is 0 Å². The molecule has 0 spiro atoms. The van der Waals surface area contributed by atoms with Crippen LogP contribution in [-0.4, -0.2) is 36.4 Å². The number of carbonyl (C=O) groups excluding carboxylic acids is 1. The standard InChI is InChI=1S/C20H23N3O5/c1-5-22-9-7-15-14(20(22)25)6-8-23(15)12-18(24)21-13-10-16(26-2)19(28-4)17(11-13)27-3/h6-11H,5,12H2,1-4H3,(H,21,24). The SMILES string of the molecule is CCn1ccc2c(ccn2CC(=O)Nc2cc(OC)c(OC)c(OC)c2)c1=O. The molecule has 0 aliphatic rings. The van der Waals surface area contributed by atoms with E-state index in [1.54, 1.807) is 39.7 Å². The van der Waals surface area contributed by atoms with Crippen LogP contribution in [0.2, 0.25) is 0 Å². The fourth-order valence-electron chi connectivity index (χ4n) is 3.13. The first-order valence-electron chi connectivity index (χ1n) is 8.80. The van der Waals surface area contributed by atoms with Gasteiger partial charge in [-0.1, -0.05) is 0 Å². The van der Waals surface area contributed by atoms with Crippen molar-refractivity contribution in [3.8, 4) is 17.2 Å². The van der Waals surface area contributed by atoms with E-state index in [0.29, 0.717) is 34.9 Å². The Morgan fingerprint density at radius 3 is 2.21 bits per heavy atom. The zero-order chi connectivity index (χ0) is 20.3. The third-order valence-electron chi connectivity index (χ3n) is 4.51. The van der Waals surface area contributed by atoms with Crippen molar-refractivity contribution in [2.45, 2.75) is 20.0 Å². The zero-order valence-electron chi connectivity index (χ0n) is 16.3. The number of amides is 1. The van der Waals surface area contributed by atoms with Crippen LogP contribution in [0.1, 0.15) is 6.92 Å². The number of ether oxygens (including phenoxy) is 3. The van der Waals surface area contributed by atoms with Gasteiger partial charge in [0.25, 0.3) is 5.56 Å². The van der Waals surface area contributed by atoms with E-state index in [2.05, 4.69) is 5.32 Å². The molecule has 2 heterocycles. The van der Waals surface area contributed by atoms with Gasteiger partial charge in [-0.05, 0) is 19.1 Å². The number of hydrogen-bond donors (Lipinski definition) is 1. The van der Waals surface area contributed by atoms with Gasteiger partial charge in [0.1, 0.15) is 6.54 Å². The molecule has 3 aromatic rings. The molecule has 0 saturated heterocycles. The first-order valence-corrected chi connectivity index (χ1v) is 8.80. The average molecular weight is 385 g/mol. The Kier molecular flexibility index (Phi) is 5.58. The molecule has 8 heteroatoms. The lowest BCUT2D eigenvalue weighted by Crippen LogP contribution is -2.20. The highest BCUT2D eigenvalue weighted by atomic mass is 16.5. The predicted molar refractivity (Wildman–Crippen MR) is 107 cm³/mol. The summed E-state index contributed by atoms with van der Waals surface area (Å²) >= 11 is 0. The van der Waals surface area contributed by atoms with Crippen molar-refractivity contribution < 1.29 is 19.0 Å². The lowest BCUT2D eigenvalue weighted by atomic mass is 10.2. The second kappa shape index (κ2) is 8.08. The molecule has 148 valence electrons. The Hall–Kier alpha value is -3.42. The zero-order valence-corrected chi connectivity index (χ0v) is 16.3. The molecular weight excluding hydrogens is 362 g/mol. The summed E-state index contributed by atoms with van der Waals surface area (Å²) in [7, 11) is 4.54. The van der Waals surface area contributed by atoms with Crippen molar-refractivity contribution in [2.24, 2.45) is 0 Å². The van der Waals surface area contributed by atoms with Crippen molar-refractivity contribution in [1.29, 1.82) is 0 Å². The molecule has 28 heavy (non-hydrogen) atoms. The topological polar surface area (TPSA) is 83.7 Å². The highest BCUT2D eigenvalue weighted by Crippen LogP contribution is 2.39. The van der Waals surface area contributed by atoms with Gasteiger partial charge < -0.3 is 28.7 Å². The smallest absolute Gasteiger partial charge is 0.259 e. The molecule has 0 aliphatic heterocycles. The summed E-state index contributed by atoms with van der Waals surface area (Å²) in [4.78, 5) is 24.9. The van der Waals surface area contributed by atoms with Gasteiger partial charge in [-0.2, -0.15) is 0 Å². The van der Waals surface area contributed by atoms with Crippen LogP contribution < -0.4 is 25.1 Å². The number of benzene rings is 1. The van der Waals surface area contributed by atoms with Gasteiger partial charge in [-0.3, -0.25) is 9.59 Å². The molecular formula is C20H23N3O5. The number of pyridine rings is 1. The van der Waals surface area contributed by atoms with E-state index in [9.17, 15) is 9.59 Å². The van der Waals surface area contributed by atoms with Gasteiger partial charge in [-0.15, -0.1) is 0 Å². The molecule has 0 radical (unpaired) electrons. The highest BCUT2D eigenvalue weighted by molar-refractivity contribution is 5.92. The van der Waals surface area contributed by atoms with Gasteiger partial charge in [0.15, 0.2) is 11.5 Å². The second-order valence-corrected chi connectivity index (χ2v) is 6.11. The maximum absolute atomic E-state index is 12.6.